The van der Waals surface area contributed by atoms with Crippen LogP contribution in [-0.2, 0) is 12.6 Å². The molecule has 0 saturated carbocycles. The number of hydrogen-bond acceptors (Lipinski definition) is 3. The van der Waals surface area contributed by atoms with E-state index in [0.717, 1.165) is 23.8 Å². The first-order valence-corrected chi connectivity index (χ1v) is 5.16. The fourth-order valence-corrected chi connectivity index (χ4v) is 2.78. The topological polar surface area (TPSA) is 38.0 Å². The molecule has 1 unspecified atom stereocenters. The maximum absolute atomic E-state index is 10.1. The van der Waals surface area contributed by atoms with Gasteiger partial charge in [-0.2, -0.15) is 11.8 Å². The highest BCUT2D eigenvalue weighted by molar-refractivity contribution is 7.99. The van der Waals surface area contributed by atoms with Crippen LogP contribution in [0.25, 0.3) is 0 Å². The van der Waals surface area contributed by atoms with Gasteiger partial charge in [-0.1, -0.05) is 0 Å². The second kappa shape index (κ2) is 2.78. The molecule has 0 aromatic carbocycles. The van der Waals surface area contributed by atoms with Gasteiger partial charge in [0, 0.05) is 25.2 Å². The Morgan fingerprint density at radius 2 is 2.58 bits per heavy atom. The molecule has 66 valence electrons. The number of aromatic nitrogens is 2. The van der Waals surface area contributed by atoms with Crippen molar-refractivity contribution >= 4 is 11.8 Å². The lowest BCUT2D eigenvalue weighted by Crippen LogP contribution is -2.28. The predicted octanol–water partition coefficient (Wildman–Crippen LogP) is 0.745. The summed E-state index contributed by atoms with van der Waals surface area (Å²) in [5, 5.41) is 10.1. The highest BCUT2D eigenvalue weighted by Gasteiger charge is 2.36. The van der Waals surface area contributed by atoms with Crippen molar-refractivity contribution < 1.29 is 5.11 Å². The minimum atomic E-state index is -0.678. The zero-order valence-corrected chi connectivity index (χ0v) is 7.84. The van der Waals surface area contributed by atoms with Gasteiger partial charge in [0.25, 0.3) is 0 Å². The summed E-state index contributed by atoms with van der Waals surface area (Å²) in [6.45, 7) is 0. The van der Waals surface area contributed by atoms with Crippen LogP contribution in [-0.4, -0.2) is 26.2 Å². The zero-order chi connectivity index (χ0) is 8.60. The molecule has 1 aliphatic rings. The molecule has 1 aliphatic heterocycles. The van der Waals surface area contributed by atoms with Gasteiger partial charge in [-0.25, -0.2) is 4.98 Å². The van der Waals surface area contributed by atoms with Crippen molar-refractivity contribution in [3.63, 3.8) is 0 Å². The minimum absolute atomic E-state index is 0.678. The van der Waals surface area contributed by atoms with E-state index in [1.807, 2.05) is 17.8 Å². The molecule has 1 aromatic rings. The van der Waals surface area contributed by atoms with Gasteiger partial charge in [0.1, 0.15) is 11.4 Å². The highest BCUT2D eigenvalue weighted by atomic mass is 32.2. The normalized spacial score (nSPS) is 29.5. The van der Waals surface area contributed by atoms with Gasteiger partial charge in [0.2, 0.25) is 0 Å². The van der Waals surface area contributed by atoms with Crippen LogP contribution in [0.5, 0.6) is 0 Å². The van der Waals surface area contributed by atoms with Crippen LogP contribution in [0.3, 0.4) is 0 Å². The Hall–Kier alpha value is -0.480. The summed E-state index contributed by atoms with van der Waals surface area (Å²) >= 11 is 1.78. The van der Waals surface area contributed by atoms with E-state index < -0.39 is 5.60 Å². The number of aliphatic hydroxyl groups is 1. The molecule has 2 heterocycles. The molecule has 0 aliphatic carbocycles. The molecule has 1 saturated heterocycles. The van der Waals surface area contributed by atoms with E-state index in [1.54, 1.807) is 18.0 Å². The summed E-state index contributed by atoms with van der Waals surface area (Å²) in [5.41, 5.74) is -0.678. The van der Waals surface area contributed by atoms with Gasteiger partial charge in [-0.05, 0) is 12.2 Å². The van der Waals surface area contributed by atoms with Crippen molar-refractivity contribution in [1.29, 1.82) is 0 Å². The van der Waals surface area contributed by atoms with Crippen molar-refractivity contribution in [2.45, 2.75) is 12.0 Å². The lowest BCUT2D eigenvalue weighted by atomic mass is 10.0. The molecule has 2 rings (SSSR count). The van der Waals surface area contributed by atoms with Gasteiger partial charge in [0.05, 0.1) is 0 Å². The second-order valence-electron chi connectivity index (χ2n) is 3.20. The number of thioether (sulfide) groups is 1. The van der Waals surface area contributed by atoms with E-state index in [4.69, 9.17) is 0 Å². The lowest BCUT2D eigenvalue weighted by molar-refractivity contribution is 0.0534. The maximum atomic E-state index is 10.1. The van der Waals surface area contributed by atoms with Crippen LogP contribution in [0.1, 0.15) is 12.2 Å². The highest BCUT2D eigenvalue weighted by Crippen LogP contribution is 2.35. The Balaban J connectivity index is 2.34. The number of aryl methyl sites for hydroxylation is 1. The van der Waals surface area contributed by atoms with Gasteiger partial charge in [-0.15, -0.1) is 0 Å². The first-order valence-electron chi connectivity index (χ1n) is 4.00. The van der Waals surface area contributed by atoms with Crippen LogP contribution < -0.4 is 0 Å². The van der Waals surface area contributed by atoms with Crippen LogP contribution in [0.15, 0.2) is 12.4 Å². The number of imidazole rings is 1. The van der Waals surface area contributed by atoms with Crippen molar-refractivity contribution in [3.05, 3.63) is 18.2 Å². The van der Waals surface area contributed by atoms with E-state index in [1.165, 1.54) is 0 Å². The van der Waals surface area contributed by atoms with E-state index in [0.29, 0.717) is 0 Å². The lowest BCUT2D eigenvalue weighted by Gasteiger charge is -2.20. The monoisotopic (exact) mass is 184 g/mol. The fourth-order valence-electron chi connectivity index (χ4n) is 1.54. The fraction of sp³-hybridized carbons (Fsp3) is 0.625. The van der Waals surface area contributed by atoms with E-state index in [2.05, 4.69) is 4.98 Å². The third-order valence-corrected chi connectivity index (χ3v) is 3.41. The van der Waals surface area contributed by atoms with Gasteiger partial charge < -0.3 is 9.67 Å². The Kier molecular flexibility index (Phi) is 1.88. The van der Waals surface area contributed by atoms with Gasteiger partial charge >= 0.3 is 0 Å². The molecule has 1 aromatic heterocycles. The number of hydrogen-bond donors (Lipinski definition) is 1. The molecule has 4 heteroatoms. The van der Waals surface area contributed by atoms with Gasteiger partial charge in [-0.3, -0.25) is 0 Å². The van der Waals surface area contributed by atoms with Crippen LogP contribution in [0.2, 0.25) is 0 Å². The third kappa shape index (κ3) is 1.15. The second-order valence-corrected chi connectivity index (χ2v) is 4.30. The molecule has 1 fully saturated rings. The Morgan fingerprint density at radius 1 is 1.75 bits per heavy atom. The summed E-state index contributed by atoms with van der Waals surface area (Å²) in [5.74, 6) is 2.61. The molecule has 3 nitrogen and oxygen atoms in total. The van der Waals surface area contributed by atoms with E-state index in [9.17, 15) is 5.11 Å². The Morgan fingerprint density at radius 3 is 3.08 bits per heavy atom. The summed E-state index contributed by atoms with van der Waals surface area (Å²) in [4.78, 5) is 4.17. The van der Waals surface area contributed by atoms with Crippen LogP contribution in [0, 0.1) is 0 Å². The van der Waals surface area contributed by atoms with Crippen LogP contribution in [0.4, 0.5) is 0 Å². The van der Waals surface area contributed by atoms with Crippen LogP contribution >= 0.6 is 11.8 Å². The maximum Gasteiger partial charge on any atom is 0.141 e. The molecule has 0 radical (unpaired) electrons. The average molecular weight is 184 g/mol. The summed E-state index contributed by atoms with van der Waals surface area (Å²) in [6, 6.07) is 0. The number of nitrogens with zero attached hydrogens (tertiary/aromatic N) is 2. The Bertz CT molecular complexity index is 278. The first-order chi connectivity index (χ1) is 5.72. The molecule has 1 N–H and O–H groups in total. The summed E-state index contributed by atoms with van der Waals surface area (Å²) in [6.07, 6.45) is 4.43. The minimum Gasteiger partial charge on any atom is -0.381 e. The van der Waals surface area contributed by atoms with Crippen molar-refractivity contribution in [1.82, 2.24) is 9.55 Å². The quantitative estimate of drug-likeness (QED) is 0.699. The predicted molar refractivity (Wildman–Crippen MR) is 49.0 cm³/mol. The third-order valence-electron chi connectivity index (χ3n) is 2.24. The van der Waals surface area contributed by atoms with Crippen molar-refractivity contribution in [2.24, 2.45) is 7.05 Å². The Labute approximate surface area is 75.8 Å². The molecule has 0 amide bonds. The molecule has 12 heavy (non-hydrogen) atoms. The molecule has 1 atom stereocenters. The summed E-state index contributed by atoms with van der Waals surface area (Å²) < 4.78 is 1.89. The summed E-state index contributed by atoms with van der Waals surface area (Å²) in [7, 11) is 1.92. The molecule has 0 bridgehead atoms. The molecular formula is C8H12N2OS. The van der Waals surface area contributed by atoms with Crippen molar-refractivity contribution in [3.8, 4) is 0 Å². The van der Waals surface area contributed by atoms with E-state index >= 15 is 0 Å². The van der Waals surface area contributed by atoms with Gasteiger partial charge in [0.15, 0.2) is 0 Å². The van der Waals surface area contributed by atoms with E-state index in [-0.39, 0.29) is 0 Å². The molecular weight excluding hydrogens is 172 g/mol. The number of rotatable bonds is 1. The largest absolute Gasteiger partial charge is 0.381 e. The zero-order valence-electron chi connectivity index (χ0n) is 7.03. The average Bonchev–Trinajstić information content (AvgIpc) is 2.59. The molecule has 0 spiro atoms. The smallest absolute Gasteiger partial charge is 0.141 e. The van der Waals surface area contributed by atoms with Crippen molar-refractivity contribution in [2.75, 3.05) is 11.5 Å². The first kappa shape index (κ1) is 8.13. The SMILES string of the molecule is Cn1ccnc1C1(O)CCSC1. The standard InChI is InChI=1S/C8H12N2OS/c1-10-4-3-9-7(10)8(11)2-5-12-6-8/h3-4,11H,2,5-6H2,1H3.